The van der Waals surface area contributed by atoms with Crippen molar-refractivity contribution in [2.75, 3.05) is 11.9 Å². The van der Waals surface area contributed by atoms with E-state index in [1.54, 1.807) is 11.9 Å². The molecule has 3 heteroatoms. The lowest BCUT2D eigenvalue weighted by Gasteiger charge is -2.26. The average Bonchev–Trinajstić information content (AvgIpc) is 2.43. The van der Waals surface area contributed by atoms with Gasteiger partial charge in [-0.3, -0.25) is 9.59 Å². The molecule has 0 radical (unpaired) electrons. The molecule has 0 unspecified atom stereocenters. The van der Waals surface area contributed by atoms with Crippen molar-refractivity contribution in [1.82, 2.24) is 0 Å². The molecular weight excluding hydrogens is 238 g/mol. The van der Waals surface area contributed by atoms with Crippen LogP contribution in [0.15, 0.2) is 18.2 Å². The number of Topliss-reactive ketones (excluding diaryl/α,β-unsaturated/α-hetero) is 1. The maximum atomic E-state index is 12.1. The molecule has 0 saturated heterocycles. The van der Waals surface area contributed by atoms with Gasteiger partial charge in [0, 0.05) is 31.1 Å². The number of fused-ring (bicyclic) bond motifs is 1. The van der Waals surface area contributed by atoms with Crippen LogP contribution in [0, 0.1) is 0 Å². The van der Waals surface area contributed by atoms with Gasteiger partial charge in [-0.1, -0.05) is 19.8 Å². The van der Waals surface area contributed by atoms with Crippen LogP contribution in [-0.4, -0.2) is 18.7 Å². The van der Waals surface area contributed by atoms with Crippen molar-refractivity contribution >= 4 is 17.4 Å². The molecule has 1 amide bonds. The summed E-state index contributed by atoms with van der Waals surface area (Å²) in [4.78, 5) is 25.4. The smallest absolute Gasteiger partial charge is 0.227 e. The van der Waals surface area contributed by atoms with Gasteiger partial charge in [0.15, 0.2) is 5.78 Å². The summed E-state index contributed by atoms with van der Waals surface area (Å²) in [6.07, 6.45) is 5.11. The minimum absolute atomic E-state index is 0.148. The van der Waals surface area contributed by atoms with Gasteiger partial charge in [0.25, 0.3) is 0 Å². The number of carbonyl (C=O) groups is 2. The van der Waals surface area contributed by atoms with Gasteiger partial charge in [-0.2, -0.15) is 0 Å². The topological polar surface area (TPSA) is 37.4 Å². The summed E-state index contributed by atoms with van der Waals surface area (Å²) >= 11 is 0. The van der Waals surface area contributed by atoms with E-state index in [1.807, 2.05) is 18.2 Å². The van der Waals surface area contributed by atoms with Gasteiger partial charge in [0.2, 0.25) is 5.91 Å². The normalized spacial score (nSPS) is 14.4. The molecule has 0 spiro atoms. The first kappa shape index (κ1) is 13.8. The first-order valence-corrected chi connectivity index (χ1v) is 7.06. The van der Waals surface area contributed by atoms with Crippen LogP contribution < -0.4 is 4.90 Å². The molecule has 2 rings (SSSR count). The highest BCUT2D eigenvalue weighted by Gasteiger charge is 2.21. The van der Waals surface area contributed by atoms with E-state index in [0.29, 0.717) is 12.8 Å². The van der Waals surface area contributed by atoms with Crippen molar-refractivity contribution in [3.8, 4) is 0 Å². The molecule has 0 aromatic heterocycles. The molecule has 3 nitrogen and oxygen atoms in total. The minimum atomic E-state index is 0.148. The summed E-state index contributed by atoms with van der Waals surface area (Å²) in [7, 11) is 1.79. The predicted molar refractivity (Wildman–Crippen MR) is 76.6 cm³/mol. The van der Waals surface area contributed by atoms with Crippen molar-refractivity contribution in [2.45, 2.75) is 45.4 Å². The number of rotatable bonds is 5. The Hall–Kier alpha value is -1.64. The zero-order valence-corrected chi connectivity index (χ0v) is 11.7. The summed E-state index contributed by atoms with van der Waals surface area (Å²) in [5.41, 5.74) is 2.85. The van der Waals surface area contributed by atoms with Crippen molar-refractivity contribution in [1.29, 1.82) is 0 Å². The molecule has 0 atom stereocenters. The standard InChI is InChI=1S/C16H21NO2/c1-3-4-5-6-15(18)13-7-9-14-12(11-13)8-10-16(19)17(14)2/h7,9,11H,3-6,8,10H2,1-2H3. The van der Waals surface area contributed by atoms with Crippen LogP contribution in [0.25, 0.3) is 0 Å². The number of hydrogen-bond donors (Lipinski definition) is 0. The lowest BCUT2D eigenvalue weighted by Crippen LogP contribution is -2.31. The molecule has 0 bridgehead atoms. The first-order chi connectivity index (χ1) is 9.13. The van der Waals surface area contributed by atoms with E-state index in [0.717, 1.165) is 42.5 Å². The van der Waals surface area contributed by atoms with Crippen LogP contribution in [0.2, 0.25) is 0 Å². The molecule has 1 aromatic carbocycles. The van der Waals surface area contributed by atoms with E-state index in [4.69, 9.17) is 0 Å². The Morgan fingerprint density at radius 1 is 1.26 bits per heavy atom. The average molecular weight is 259 g/mol. The SMILES string of the molecule is CCCCCC(=O)c1ccc2c(c1)CCC(=O)N2C. The fourth-order valence-corrected chi connectivity index (χ4v) is 2.51. The van der Waals surface area contributed by atoms with E-state index in [2.05, 4.69) is 6.92 Å². The number of carbonyl (C=O) groups excluding carboxylic acids is 2. The van der Waals surface area contributed by atoms with E-state index in [9.17, 15) is 9.59 Å². The van der Waals surface area contributed by atoms with E-state index in [1.165, 1.54) is 0 Å². The maximum absolute atomic E-state index is 12.1. The van der Waals surface area contributed by atoms with Crippen LogP contribution >= 0.6 is 0 Å². The zero-order valence-electron chi connectivity index (χ0n) is 11.7. The second-order valence-electron chi connectivity index (χ2n) is 5.18. The number of aryl methyl sites for hydroxylation is 1. The highest BCUT2D eigenvalue weighted by molar-refractivity contribution is 5.99. The van der Waals surface area contributed by atoms with Crippen LogP contribution in [0.4, 0.5) is 5.69 Å². The third-order valence-electron chi connectivity index (χ3n) is 3.75. The number of unbranched alkanes of at least 4 members (excludes halogenated alkanes) is 2. The molecule has 0 fully saturated rings. The molecule has 102 valence electrons. The van der Waals surface area contributed by atoms with Gasteiger partial charge in [0.05, 0.1) is 0 Å². The third-order valence-corrected chi connectivity index (χ3v) is 3.75. The van der Waals surface area contributed by atoms with E-state index in [-0.39, 0.29) is 11.7 Å². The molecule has 0 N–H and O–H groups in total. The van der Waals surface area contributed by atoms with Crippen LogP contribution in [0.3, 0.4) is 0 Å². The van der Waals surface area contributed by atoms with Gasteiger partial charge < -0.3 is 4.90 Å². The summed E-state index contributed by atoms with van der Waals surface area (Å²) in [5.74, 6) is 0.366. The van der Waals surface area contributed by atoms with Gasteiger partial charge in [-0.25, -0.2) is 0 Å². The summed E-state index contributed by atoms with van der Waals surface area (Å²) in [6.45, 7) is 2.14. The fraction of sp³-hybridized carbons (Fsp3) is 0.500. The van der Waals surface area contributed by atoms with Gasteiger partial charge in [-0.05, 0) is 36.6 Å². The number of ketones is 1. The molecule has 1 aliphatic rings. The Morgan fingerprint density at radius 3 is 2.79 bits per heavy atom. The number of hydrogen-bond acceptors (Lipinski definition) is 2. The second kappa shape index (κ2) is 6.00. The van der Waals surface area contributed by atoms with Gasteiger partial charge in [0.1, 0.15) is 0 Å². The minimum Gasteiger partial charge on any atom is -0.315 e. The Kier molecular flexibility index (Phi) is 4.35. The van der Waals surface area contributed by atoms with Crippen LogP contribution in [-0.2, 0) is 11.2 Å². The number of nitrogens with zero attached hydrogens (tertiary/aromatic N) is 1. The Balaban J connectivity index is 2.13. The Labute approximate surface area is 114 Å². The summed E-state index contributed by atoms with van der Waals surface area (Å²) < 4.78 is 0. The van der Waals surface area contributed by atoms with Crippen LogP contribution in [0.5, 0.6) is 0 Å². The first-order valence-electron chi connectivity index (χ1n) is 7.06. The molecule has 0 aliphatic carbocycles. The molecule has 19 heavy (non-hydrogen) atoms. The quantitative estimate of drug-likeness (QED) is 0.600. The Morgan fingerprint density at radius 2 is 2.05 bits per heavy atom. The van der Waals surface area contributed by atoms with Crippen molar-refractivity contribution in [3.05, 3.63) is 29.3 Å². The van der Waals surface area contributed by atoms with E-state index < -0.39 is 0 Å². The number of benzene rings is 1. The highest BCUT2D eigenvalue weighted by Crippen LogP contribution is 2.28. The van der Waals surface area contributed by atoms with Gasteiger partial charge in [-0.15, -0.1) is 0 Å². The van der Waals surface area contributed by atoms with Crippen molar-refractivity contribution < 1.29 is 9.59 Å². The summed E-state index contributed by atoms with van der Waals surface area (Å²) in [5, 5.41) is 0. The van der Waals surface area contributed by atoms with Crippen LogP contribution in [0.1, 0.15) is 54.9 Å². The molecular formula is C16H21NO2. The fourth-order valence-electron chi connectivity index (χ4n) is 2.51. The highest BCUT2D eigenvalue weighted by atomic mass is 16.2. The Bertz CT molecular complexity index is 494. The van der Waals surface area contributed by atoms with E-state index >= 15 is 0 Å². The molecule has 1 aromatic rings. The zero-order chi connectivity index (χ0) is 13.8. The van der Waals surface area contributed by atoms with Crippen molar-refractivity contribution in [2.24, 2.45) is 0 Å². The lowest BCUT2D eigenvalue weighted by atomic mass is 9.96. The maximum Gasteiger partial charge on any atom is 0.227 e. The number of amides is 1. The molecule has 1 heterocycles. The summed E-state index contributed by atoms with van der Waals surface area (Å²) in [6, 6.07) is 5.72. The molecule has 1 aliphatic heterocycles. The van der Waals surface area contributed by atoms with Crippen molar-refractivity contribution in [3.63, 3.8) is 0 Å². The monoisotopic (exact) mass is 259 g/mol. The third kappa shape index (κ3) is 3.03. The molecule has 0 saturated carbocycles. The lowest BCUT2D eigenvalue weighted by molar-refractivity contribution is -0.118. The van der Waals surface area contributed by atoms with Gasteiger partial charge >= 0.3 is 0 Å². The number of anilines is 1. The largest absolute Gasteiger partial charge is 0.315 e. The predicted octanol–water partition coefficient (Wildman–Crippen LogP) is 3.36. The second-order valence-corrected chi connectivity index (χ2v) is 5.18.